The first-order valence-corrected chi connectivity index (χ1v) is 9.15. The van der Waals surface area contributed by atoms with Gasteiger partial charge in [0.25, 0.3) is 5.91 Å². The molecule has 4 nitrogen and oxygen atoms in total. The maximum absolute atomic E-state index is 12.9. The summed E-state index contributed by atoms with van der Waals surface area (Å²) in [6, 6.07) is 6.99. The third kappa shape index (κ3) is 4.52. The minimum atomic E-state index is -4.55. The number of aryl methyl sites for hydroxylation is 1. The number of sulfone groups is 1. The second-order valence-corrected chi connectivity index (χ2v) is 7.79. The Bertz CT molecular complexity index is 940. The van der Waals surface area contributed by atoms with E-state index in [1.165, 1.54) is 31.2 Å². The third-order valence-corrected chi connectivity index (χ3v) is 4.97. The molecule has 0 aliphatic carbocycles. The summed E-state index contributed by atoms with van der Waals surface area (Å²) < 4.78 is 62.0. The zero-order valence-electron chi connectivity index (χ0n) is 13.1. The Morgan fingerprint density at radius 1 is 1.12 bits per heavy atom. The van der Waals surface area contributed by atoms with Gasteiger partial charge in [-0.3, -0.25) is 4.79 Å². The Balaban J connectivity index is 2.35. The number of anilines is 1. The highest BCUT2D eigenvalue weighted by molar-refractivity contribution is 7.90. The molecule has 0 fully saturated rings. The van der Waals surface area contributed by atoms with Crippen LogP contribution in [0.2, 0.25) is 5.02 Å². The fraction of sp³-hybridized carbons (Fsp3) is 0.188. The molecule has 2 rings (SSSR count). The maximum Gasteiger partial charge on any atom is 0.416 e. The van der Waals surface area contributed by atoms with Gasteiger partial charge in [0.15, 0.2) is 9.84 Å². The molecule has 2 aromatic rings. The molecule has 25 heavy (non-hydrogen) atoms. The maximum atomic E-state index is 12.9. The lowest BCUT2D eigenvalue weighted by molar-refractivity contribution is -0.138. The van der Waals surface area contributed by atoms with E-state index in [1.807, 2.05) is 0 Å². The Morgan fingerprint density at radius 2 is 1.76 bits per heavy atom. The van der Waals surface area contributed by atoms with Gasteiger partial charge in [-0.25, -0.2) is 8.42 Å². The second-order valence-electron chi connectivity index (χ2n) is 5.40. The molecule has 0 aliphatic rings. The van der Waals surface area contributed by atoms with E-state index < -0.39 is 27.5 Å². The van der Waals surface area contributed by atoms with Crippen molar-refractivity contribution in [2.45, 2.75) is 18.0 Å². The van der Waals surface area contributed by atoms with Crippen molar-refractivity contribution in [1.29, 1.82) is 0 Å². The van der Waals surface area contributed by atoms with Gasteiger partial charge in [0, 0.05) is 17.5 Å². The highest BCUT2D eigenvalue weighted by Gasteiger charge is 2.32. The number of rotatable bonds is 3. The summed E-state index contributed by atoms with van der Waals surface area (Å²) in [5, 5.41) is 2.27. The summed E-state index contributed by atoms with van der Waals surface area (Å²) in [7, 11) is -3.65. The molecule has 0 aromatic heterocycles. The van der Waals surface area contributed by atoms with E-state index >= 15 is 0 Å². The number of carbonyl (C=O) groups is 1. The molecule has 1 N–H and O–H groups in total. The number of amides is 1. The molecular weight excluding hydrogens is 379 g/mol. The van der Waals surface area contributed by atoms with E-state index in [-0.39, 0.29) is 26.7 Å². The predicted molar refractivity (Wildman–Crippen MR) is 88.7 cm³/mol. The number of benzene rings is 2. The highest BCUT2D eigenvalue weighted by atomic mass is 35.5. The lowest BCUT2D eigenvalue weighted by Gasteiger charge is -2.13. The van der Waals surface area contributed by atoms with E-state index in [0.717, 1.165) is 18.4 Å². The van der Waals surface area contributed by atoms with Gasteiger partial charge in [0.05, 0.1) is 15.5 Å². The summed E-state index contributed by atoms with van der Waals surface area (Å²) in [6.07, 6.45) is -3.61. The summed E-state index contributed by atoms with van der Waals surface area (Å²) in [6.45, 7) is 1.31. The van der Waals surface area contributed by atoms with Gasteiger partial charge in [-0.15, -0.1) is 0 Å². The molecule has 9 heteroatoms. The standard InChI is InChI=1S/C16H13ClF3NO3S/c1-9-3-5-11(8-12(9)16(18,19)20)21-15(22)10-4-6-13(17)14(7-10)25(2,23)24/h3-8H,1-2H3,(H,21,22). The van der Waals surface area contributed by atoms with Gasteiger partial charge in [-0.05, 0) is 42.8 Å². The smallest absolute Gasteiger partial charge is 0.322 e. The fourth-order valence-electron chi connectivity index (χ4n) is 2.14. The predicted octanol–water partition coefficient (Wildman–Crippen LogP) is 4.32. The monoisotopic (exact) mass is 391 g/mol. The number of halogens is 4. The molecule has 1 amide bonds. The van der Waals surface area contributed by atoms with Crippen LogP contribution in [0.25, 0.3) is 0 Å². The van der Waals surface area contributed by atoms with E-state index in [1.54, 1.807) is 0 Å². The molecule has 0 saturated carbocycles. The van der Waals surface area contributed by atoms with Crippen LogP contribution in [-0.2, 0) is 16.0 Å². The van der Waals surface area contributed by atoms with Crippen molar-refractivity contribution in [2.75, 3.05) is 11.6 Å². The van der Waals surface area contributed by atoms with Crippen molar-refractivity contribution >= 4 is 33.0 Å². The van der Waals surface area contributed by atoms with Crippen molar-refractivity contribution in [3.05, 3.63) is 58.1 Å². The van der Waals surface area contributed by atoms with E-state index in [2.05, 4.69) is 5.32 Å². The molecular formula is C16H13ClF3NO3S. The Morgan fingerprint density at radius 3 is 2.32 bits per heavy atom. The Hall–Kier alpha value is -2.06. The summed E-state index contributed by atoms with van der Waals surface area (Å²) in [5.74, 6) is -0.751. The van der Waals surface area contributed by atoms with Gasteiger partial charge in [-0.1, -0.05) is 17.7 Å². The Kier molecular flexibility index (Phi) is 5.15. The molecule has 0 spiro atoms. The average Bonchev–Trinajstić information content (AvgIpc) is 2.47. The first-order chi connectivity index (χ1) is 11.4. The van der Waals surface area contributed by atoms with E-state index in [0.29, 0.717) is 0 Å². The van der Waals surface area contributed by atoms with Crippen LogP contribution in [0.4, 0.5) is 18.9 Å². The van der Waals surface area contributed by atoms with Crippen molar-refractivity contribution in [1.82, 2.24) is 0 Å². The fourth-order valence-corrected chi connectivity index (χ4v) is 3.44. The zero-order chi connectivity index (χ0) is 19.0. The zero-order valence-corrected chi connectivity index (χ0v) is 14.7. The van der Waals surface area contributed by atoms with Crippen molar-refractivity contribution in [3.63, 3.8) is 0 Å². The SMILES string of the molecule is Cc1ccc(NC(=O)c2ccc(Cl)c(S(C)(=O)=O)c2)cc1C(F)(F)F. The molecule has 2 aromatic carbocycles. The molecule has 0 aliphatic heterocycles. The topological polar surface area (TPSA) is 63.2 Å². The molecule has 0 radical (unpaired) electrons. The van der Waals surface area contributed by atoms with Crippen LogP contribution in [-0.4, -0.2) is 20.6 Å². The van der Waals surface area contributed by atoms with Gasteiger partial charge < -0.3 is 5.32 Å². The second kappa shape index (κ2) is 6.68. The minimum absolute atomic E-state index is 0.0244. The summed E-state index contributed by atoms with van der Waals surface area (Å²) >= 11 is 5.80. The molecule has 0 heterocycles. The van der Waals surface area contributed by atoms with Crippen LogP contribution < -0.4 is 5.32 Å². The van der Waals surface area contributed by atoms with Gasteiger partial charge in [-0.2, -0.15) is 13.2 Å². The summed E-state index contributed by atoms with van der Waals surface area (Å²) in [5.41, 5.74) is -0.938. The normalized spacial score (nSPS) is 12.1. The summed E-state index contributed by atoms with van der Waals surface area (Å²) in [4.78, 5) is 12.0. The number of alkyl halides is 3. The van der Waals surface area contributed by atoms with Crippen LogP contribution in [0, 0.1) is 6.92 Å². The van der Waals surface area contributed by atoms with Crippen LogP contribution in [0.1, 0.15) is 21.5 Å². The molecule has 0 unspecified atom stereocenters. The van der Waals surface area contributed by atoms with Crippen molar-refractivity contribution < 1.29 is 26.4 Å². The van der Waals surface area contributed by atoms with Crippen LogP contribution >= 0.6 is 11.6 Å². The van der Waals surface area contributed by atoms with Gasteiger partial charge >= 0.3 is 6.18 Å². The van der Waals surface area contributed by atoms with Crippen molar-refractivity contribution in [3.8, 4) is 0 Å². The minimum Gasteiger partial charge on any atom is -0.322 e. The van der Waals surface area contributed by atoms with Crippen LogP contribution in [0.15, 0.2) is 41.3 Å². The number of nitrogens with one attached hydrogen (secondary N) is 1. The molecule has 0 bridgehead atoms. The first kappa shape index (κ1) is 19.3. The molecule has 0 saturated heterocycles. The van der Waals surface area contributed by atoms with Gasteiger partial charge in [0.1, 0.15) is 0 Å². The molecule has 0 atom stereocenters. The van der Waals surface area contributed by atoms with Crippen LogP contribution in [0.3, 0.4) is 0 Å². The van der Waals surface area contributed by atoms with E-state index in [9.17, 15) is 26.4 Å². The van der Waals surface area contributed by atoms with Crippen molar-refractivity contribution in [2.24, 2.45) is 0 Å². The van der Waals surface area contributed by atoms with E-state index in [4.69, 9.17) is 11.6 Å². The van der Waals surface area contributed by atoms with Gasteiger partial charge in [0.2, 0.25) is 0 Å². The molecule has 134 valence electrons. The first-order valence-electron chi connectivity index (χ1n) is 6.88. The number of carbonyl (C=O) groups excluding carboxylic acids is 1. The lowest BCUT2D eigenvalue weighted by atomic mass is 10.1. The number of hydrogen-bond acceptors (Lipinski definition) is 3. The third-order valence-electron chi connectivity index (χ3n) is 3.39. The highest BCUT2D eigenvalue weighted by Crippen LogP contribution is 2.33. The number of hydrogen-bond donors (Lipinski definition) is 1. The Labute approximate surface area is 147 Å². The van der Waals surface area contributed by atoms with Crippen LogP contribution in [0.5, 0.6) is 0 Å². The largest absolute Gasteiger partial charge is 0.416 e. The lowest BCUT2D eigenvalue weighted by Crippen LogP contribution is -2.14. The quantitative estimate of drug-likeness (QED) is 0.847. The average molecular weight is 392 g/mol.